The first-order valence-corrected chi connectivity index (χ1v) is 10.3. The summed E-state index contributed by atoms with van der Waals surface area (Å²) in [7, 11) is 3.74. The maximum absolute atomic E-state index is 11.9. The highest BCUT2D eigenvalue weighted by Crippen LogP contribution is 2.29. The van der Waals surface area contributed by atoms with Crippen molar-refractivity contribution < 1.29 is 4.79 Å². The van der Waals surface area contributed by atoms with Crippen LogP contribution in [0, 0.1) is 6.92 Å². The van der Waals surface area contributed by atoms with Crippen molar-refractivity contribution >= 4 is 35.2 Å². The predicted molar refractivity (Wildman–Crippen MR) is 120 cm³/mol. The highest BCUT2D eigenvalue weighted by molar-refractivity contribution is 7.97. The Morgan fingerprint density at radius 2 is 2.13 bits per heavy atom. The average molecular weight is 425 g/mol. The standard InChI is InChI=1S/C20H24N8OS/c1-14-10-17(25-24-14)23-19-12-27(11-18-21-8-9-28(18)19)30-16-6-4-15(5-7-16)22-20(29)13-26(2)3/h4-10,12H,11,13H2,1-3H3,(H,22,29)(H2,23,24,25)/q+1. The van der Waals surface area contributed by atoms with Gasteiger partial charge in [0.15, 0.2) is 12.0 Å². The minimum atomic E-state index is -0.0319. The van der Waals surface area contributed by atoms with E-state index in [1.165, 1.54) is 0 Å². The molecule has 1 aromatic carbocycles. The number of anilines is 2. The van der Waals surface area contributed by atoms with Gasteiger partial charge in [0.1, 0.15) is 6.54 Å². The van der Waals surface area contributed by atoms with Crippen molar-refractivity contribution in [3.63, 3.8) is 0 Å². The fourth-order valence-corrected chi connectivity index (χ4v) is 3.90. The molecule has 1 aromatic heterocycles. The normalized spacial score (nSPS) is 15.8. The summed E-state index contributed by atoms with van der Waals surface area (Å²) in [4.78, 5) is 21.3. The van der Waals surface area contributed by atoms with Crippen LogP contribution in [0.4, 0.5) is 11.5 Å². The number of benzene rings is 1. The Hall–Kier alpha value is -3.08. The first-order chi connectivity index (χ1) is 14.5. The van der Waals surface area contributed by atoms with Crippen molar-refractivity contribution in [1.82, 2.24) is 24.3 Å². The monoisotopic (exact) mass is 424 g/mol. The van der Waals surface area contributed by atoms with E-state index in [0.29, 0.717) is 13.1 Å². The molecule has 0 saturated heterocycles. The van der Waals surface area contributed by atoms with Gasteiger partial charge < -0.3 is 10.2 Å². The maximum atomic E-state index is 11.9. The molecule has 0 fully saturated rings. The number of likely N-dealkylation sites (N-methyl/N-ethyl adjacent to an activating group) is 1. The highest BCUT2D eigenvalue weighted by Gasteiger charge is 2.37. The number of nitrogens with zero attached hydrogens (tertiary/aromatic N) is 5. The number of amides is 1. The largest absolute Gasteiger partial charge is 0.325 e. The van der Waals surface area contributed by atoms with E-state index in [-0.39, 0.29) is 5.91 Å². The molecule has 0 unspecified atom stereocenters. The van der Waals surface area contributed by atoms with E-state index in [9.17, 15) is 4.79 Å². The molecule has 2 aliphatic rings. The molecule has 9 nitrogen and oxygen atoms in total. The van der Waals surface area contributed by atoms with Crippen molar-refractivity contribution in [1.29, 1.82) is 0 Å². The summed E-state index contributed by atoms with van der Waals surface area (Å²) in [6, 6.07) is 9.77. The minimum Gasteiger partial charge on any atom is -0.325 e. The van der Waals surface area contributed by atoms with E-state index in [1.54, 1.807) is 18.1 Å². The van der Waals surface area contributed by atoms with Crippen molar-refractivity contribution in [3.8, 4) is 0 Å². The second-order valence-electron chi connectivity index (χ2n) is 7.27. The third-order valence-electron chi connectivity index (χ3n) is 4.32. The van der Waals surface area contributed by atoms with Crippen LogP contribution in [-0.2, 0) is 4.79 Å². The van der Waals surface area contributed by atoms with Crippen LogP contribution in [0.1, 0.15) is 5.69 Å². The highest BCUT2D eigenvalue weighted by atomic mass is 32.2. The molecular weight excluding hydrogens is 400 g/mol. The Balaban J connectivity index is 1.44. The molecule has 0 spiro atoms. The van der Waals surface area contributed by atoms with Gasteiger partial charge in [-0.15, -0.1) is 0 Å². The lowest BCUT2D eigenvalue weighted by atomic mass is 10.3. The van der Waals surface area contributed by atoms with E-state index < -0.39 is 0 Å². The van der Waals surface area contributed by atoms with Crippen LogP contribution in [0.2, 0.25) is 0 Å². The summed E-state index contributed by atoms with van der Waals surface area (Å²) in [5.41, 5.74) is 1.77. The summed E-state index contributed by atoms with van der Waals surface area (Å²) in [5, 5.41) is 13.4. The quantitative estimate of drug-likeness (QED) is 0.467. The lowest BCUT2D eigenvalue weighted by Crippen LogP contribution is -2.42. The summed E-state index contributed by atoms with van der Waals surface area (Å²) in [6.07, 6.45) is 5.76. The zero-order chi connectivity index (χ0) is 21.1. The fourth-order valence-electron chi connectivity index (χ4n) is 3.04. The number of aromatic amines is 1. The molecule has 3 N–H and O–H groups in total. The number of hydrogen-bond donors (Lipinski definition) is 3. The topological polar surface area (TPSA) is 94.6 Å². The van der Waals surface area contributed by atoms with Gasteiger partial charge in [-0.2, -0.15) is 10.1 Å². The first kappa shape index (κ1) is 20.2. The summed E-state index contributed by atoms with van der Waals surface area (Å²) in [5.74, 6) is 2.53. The molecule has 30 heavy (non-hydrogen) atoms. The molecule has 10 heteroatoms. The second-order valence-corrected chi connectivity index (χ2v) is 8.39. The molecule has 0 saturated carbocycles. The lowest BCUT2D eigenvalue weighted by molar-refractivity contribution is -0.116. The number of carbonyl (C=O) groups excluding carboxylic acids is 1. The Bertz CT molecular complexity index is 1010. The summed E-state index contributed by atoms with van der Waals surface area (Å²) < 4.78 is 2.11. The van der Waals surface area contributed by atoms with Gasteiger partial charge in [-0.25, -0.2) is 0 Å². The van der Waals surface area contributed by atoms with E-state index in [1.807, 2.05) is 73.6 Å². The van der Waals surface area contributed by atoms with Crippen molar-refractivity contribution in [2.75, 3.05) is 37.8 Å². The van der Waals surface area contributed by atoms with Crippen LogP contribution < -0.4 is 15.5 Å². The van der Waals surface area contributed by atoms with E-state index in [2.05, 4.69) is 30.1 Å². The number of H-pyrrole nitrogens is 1. The van der Waals surface area contributed by atoms with Crippen LogP contribution in [-0.4, -0.2) is 58.3 Å². The van der Waals surface area contributed by atoms with Crippen molar-refractivity contribution in [2.45, 2.75) is 11.8 Å². The predicted octanol–water partition coefficient (Wildman–Crippen LogP) is 2.48. The molecule has 155 valence electrons. The van der Waals surface area contributed by atoms with Gasteiger partial charge in [0.25, 0.3) is 11.7 Å². The Labute approximate surface area is 179 Å². The number of aliphatic imine (C=N–C) groups is 1. The molecule has 1 amide bonds. The van der Waals surface area contributed by atoms with Crippen molar-refractivity contribution in [2.24, 2.45) is 4.99 Å². The molecule has 4 rings (SSSR count). The summed E-state index contributed by atoms with van der Waals surface area (Å²) >= 11 is 1.60. The number of aryl methyl sites for hydroxylation is 1. The molecule has 2 aromatic rings. The third-order valence-corrected chi connectivity index (χ3v) is 5.28. The van der Waals surface area contributed by atoms with Crippen LogP contribution >= 0.6 is 11.9 Å². The lowest BCUT2D eigenvalue weighted by Gasteiger charge is -2.24. The number of nitrogens with one attached hydrogen (secondary N) is 3. The number of rotatable bonds is 7. The zero-order valence-corrected chi connectivity index (χ0v) is 17.9. The van der Waals surface area contributed by atoms with Crippen LogP contribution in [0.15, 0.2) is 64.6 Å². The maximum Gasteiger partial charge on any atom is 0.285 e. The number of carbonyl (C=O) groups is 1. The second kappa shape index (κ2) is 8.74. The molecule has 1 radical (unpaired) electrons. The Kier molecular flexibility index (Phi) is 5.88. The van der Waals surface area contributed by atoms with Gasteiger partial charge in [-0.3, -0.25) is 19.5 Å². The molecule has 0 aliphatic carbocycles. The number of amidine groups is 1. The van der Waals surface area contributed by atoms with Gasteiger partial charge in [-0.05, 0) is 62.1 Å². The van der Waals surface area contributed by atoms with Crippen LogP contribution in [0.5, 0.6) is 0 Å². The van der Waals surface area contributed by atoms with Gasteiger partial charge in [0.2, 0.25) is 5.91 Å². The molecule has 0 bridgehead atoms. The molecule has 2 aliphatic heterocycles. The Morgan fingerprint density at radius 3 is 2.83 bits per heavy atom. The number of hydrogen-bond acceptors (Lipinski definition) is 8. The van der Waals surface area contributed by atoms with Crippen molar-refractivity contribution in [3.05, 3.63) is 60.4 Å². The number of fused-ring (bicyclic) bond motifs is 1. The first-order valence-electron chi connectivity index (χ1n) is 9.49. The molecule has 3 heterocycles. The third kappa shape index (κ3) is 4.90. The smallest absolute Gasteiger partial charge is 0.285 e. The van der Waals surface area contributed by atoms with E-state index >= 15 is 0 Å². The van der Waals surface area contributed by atoms with E-state index in [0.717, 1.165) is 33.8 Å². The molecular formula is C20H24N8OS+. The molecule has 0 atom stereocenters. The Morgan fingerprint density at radius 1 is 1.33 bits per heavy atom. The van der Waals surface area contributed by atoms with Gasteiger partial charge >= 0.3 is 0 Å². The van der Waals surface area contributed by atoms with Gasteiger partial charge in [0.05, 0.1) is 18.9 Å². The fraction of sp³-hybridized carbons (Fsp3) is 0.250. The number of aromatic nitrogens is 2. The van der Waals surface area contributed by atoms with Crippen LogP contribution in [0.3, 0.4) is 0 Å². The SMILES string of the molecule is Cc1cc(NC2=CN(Sc3ccc(NC(=O)CN(C)C)cc3)CC3=NC=C[N+]23)n[nH]1. The van der Waals surface area contributed by atoms with Gasteiger partial charge in [0, 0.05) is 22.3 Å². The average Bonchev–Trinajstić information content (AvgIpc) is 3.31. The van der Waals surface area contributed by atoms with Gasteiger partial charge in [-0.1, -0.05) is 0 Å². The summed E-state index contributed by atoms with van der Waals surface area (Å²) in [6.45, 7) is 2.99. The van der Waals surface area contributed by atoms with E-state index in [4.69, 9.17) is 0 Å². The van der Waals surface area contributed by atoms with Crippen LogP contribution in [0.25, 0.3) is 0 Å². The zero-order valence-electron chi connectivity index (χ0n) is 17.1. The minimum absolute atomic E-state index is 0.0319.